The maximum absolute atomic E-state index is 14.3. The number of rotatable bonds is 3. The van der Waals surface area contributed by atoms with Crippen LogP contribution in [-0.2, 0) is 23.7 Å². The van der Waals surface area contributed by atoms with Crippen molar-refractivity contribution in [2.75, 3.05) is 18.8 Å². The number of halogens is 4. The summed E-state index contributed by atoms with van der Waals surface area (Å²) in [6.07, 6.45) is -1.87. The molecule has 2 amide bonds. The van der Waals surface area contributed by atoms with E-state index in [0.29, 0.717) is 37.3 Å². The molecule has 0 unspecified atom stereocenters. The fraction of sp³-hybridized carbons (Fsp3) is 0.400. The number of carbonyl (C=O) groups excluding carboxylic acids is 1. The van der Waals surface area contributed by atoms with Gasteiger partial charge in [-0.2, -0.15) is 18.3 Å². The van der Waals surface area contributed by atoms with Gasteiger partial charge in [-0.3, -0.25) is 4.68 Å². The van der Waals surface area contributed by atoms with Crippen molar-refractivity contribution in [2.24, 2.45) is 0 Å². The number of nitrogens with zero attached hydrogens (tertiary/aromatic N) is 4. The summed E-state index contributed by atoms with van der Waals surface area (Å²) in [4.78, 5) is 18.6. The molecule has 0 aliphatic carbocycles. The van der Waals surface area contributed by atoms with Crippen LogP contribution in [0, 0.1) is 5.82 Å². The lowest BCUT2D eigenvalue weighted by molar-refractivity contribution is -0.137. The van der Waals surface area contributed by atoms with Crippen molar-refractivity contribution in [3.8, 4) is 11.3 Å². The molecule has 4 heterocycles. The average molecular weight is 503 g/mol. The highest BCUT2D eigenvalue weighted by Crippen LogP contribution is 2.44. The van der Waals surface area contributed by atoms with Gasteiger partial charge >= 0.3 is 12.2 Å². The molecule has 2 aliphatic heterocycles. The van der Waals surface area contributed by atoms with Crippen LogP contribution in [0.5, 0.6) is 0 Å². The molecular formula is C25H26F4N6O. The number of hydrogen-bond donors (Lipinski definition) is 2. The molecule has 1 atom stereocenters. The summed E-state index contributed by atoms with van der Waals surface area (Å²) >= 11 is 0. The highest BCUT2D eigenvalue weighted by molar-refractivity contribution is 5.76. The number of hydrogen-bond acceptors (Lipinski definition) is 4. The molecule has 36 heavy (non-hydrogen) atoms. The van der Waals surface area contributed by atoms with Gasteiger partial charge in [-0.05, 0) is 44.9 Å². The molecule has 3 aromatic rings. The van der Waals surface area contributed by atoms with Gasteiger partial charge in [-0.15, -0.1) is 0 Å². The van der Waals surface area contributed by atoms with E-state index in [1.165, 1.54) is 12.3 Å². The Hall–Kier alpha value is -3.63. The SMILES string of the molecule is CC(C)(NC(=O)N1CC[C@@]2(CCn3nc(-c4cnc(N)c(C(F)(F)F)c4)cc32)C1)c1ccccc1F. The number of nitrogens with one attached hydrogen (secondary N) is 1. The van der Waals surface area contributed by atoms with Crippen molar-refractivity contribution in [3.63, 3.8) is 0 Å². The van der Waals surface area contributed by atoms with Gasteiger partial charge < -0.3 is 16.0 Å². The smallest absolute Gasteiger partial charge is 0.383 e. The zero-order valence-electron chi connectivity index (χ0n) is 19.9. The summed E-state index contributed by atoms with van der Waals surface area (Å²) in [6.45, 7) is 5.04. The predicted octanol–water partition coefficient (Wildman–Crippen LogP) is 4.68. The summed E-state index contributed by atoms with van der Waals surface area (Å²) in [5.74, 6) is -0.969. The van der Waals surface area contributed by atoms with E-state index in [2.05, 4.69) is 15.4 Å². The van der Waals surface area contributed by atoms with Gasteiger partial charge in [0.2, 0.25) is 0 Å². The van der Waals surface area contributed by atoms with Crippen LogP contribution in [-0.4, -0.2) is 38.8 Å². The number of fused-ring (bicyclic) bond motifs is 2. The number of amides is 2. The van der Waals surface area contributed by atoms with E-state index >= 15 is 0 Å². The standard InChI is InChI=1S/C25H26F4N6O/c1-23(2,16-5-3-4-6-18(16)26)32-22(36)34-9-7-24(14-34)8-10-35-20(24)12-19(33-35)15-11-17(25(27,28)29)21(30)31-13-15/h3-6,11-13H,7-10,14H2,1-2H3,(H2,30,31)(H,32,36)/t24-/m1/s1. The van der Waals surface area contributed by atoms with Crippen LogP contribution in [0.1, 0.15) is 43.5 Å². The molecular weight excluding hydrogens is 476 g/mol. The van der Waals surface area contributed by atoms with Crippen LogP contribution in [0.15, 0.2) is 42.6 Å². The molecule has 0 saturated carbocycles. The monoisotopic (exact) mass is 502 g/mol. The fourth-order valence-corrected chi connectivity index (χ4v) is 5.29. The Kier molecular flexibility index (Phi) is 5.49. The minimum atomic E-state index is -4.62. The molecule has 1 spiro atoms. The van der Waals surface area contributed by atoms with Crippen LogP contribution in [0.4, 0.5) is 28.2 Å². The third-order valence-electron chi connectivity index (χ3n) is 7.25. The molecule has 0 radical (unpaired) electrons. The van der Waals surface area contributed by atoms with Gasteiger partial charge in [0, 0.05) is 48.1 Å². The van der Waals surface area contributed by atoms with Crippen molar-refractivity contribution < 1.29 is 22.4 Å². The summed E-state index contributed by atoms with van der Waals surface area (Å²) < 4.78 is 56.0. The van der Waals surface area contributed by atoms with E-state index in [1.54, 1.807) is 47.7 Å². The van der Waals surface area contributed by atoms with Crippen LogP contribution < -0.4 is 11.1 Å². The highest BCUT2D eigenvalue weighted by atomic mass is 19.4. The Bertz CT molecular complexity index is 1330. The molecule has 1 fully saturated rings. The molecule has 5 rings (SSSR count). The maximum atomic E-state index is 14.3. The highest BCUT2D eigenvalue weighted by Gasteiger charge is 2.47. The number of benzene rings is 1. The molecule has 190 valence electrons. The van der Waals surface area contributed by atoms with Gasteiger partial charge in [-0.25, -0.2) is 14.2 Å². The van der Waals surface area contributed by atoms with E-state index in [0.717, 1.165) is 18.2 Å². The number of aromatic nitrogens is 3. The Labute approximate surface area is 205 Å². The largest absolute Gasteiger partial charge is 0.419 e. The number of likely N-dealkylation sites (tertiary alicyclic amines) is 1. The van der Waals surface area contributed by atoms with E-state index < -0.39 is 28.9 Å². The lowest BCUT2D eigenvalue weighted by Crippen LogP contribution is -2.48. The fourth-order valence-electron chi connectivity index (χ4n) is 5.29. The molecule has 3 N–H and O–H groups in total. The second-order valence-electron chi connectivity index (χ2n) is 10.0. The van der Waals surface area contributed by atoms with Crippen LogP contribution in [0.25, 0.3) is 11.3 Å². The quantitative estimate of drug-likeness (QED) is 0.509. The third-order valence-corrected chi connectivity index (χ3v) is 7.25. The van der Waals surface area contributed by atoms with Crippen molar-refractivity contribution in [3.05, 3.63) is 65.2 Å². The normalized spacial score (nSPS) is 19.7. The number of carbonyl (C=O) groups is 1. The minimum Gasteiger partial charge on any atom is -0.383 e. The van der Waals surface area contributed by atoms with Crippen molar-refractivity contribution in [1.82, 2.24) is 25.0 Å². The number of nitrogens with two attached hydrogens (primary N) is 1. The lowest BCUT2D eigenvalue weighted by atomic mass is 9.82. The van der Waals surface area contributed by atoms with Crippen molar-refractivity contribution in [2.45, 2.75) is 50.4 Å². The molecule has 7 nitrogen and oxygen atoms in total. The van der Waals surface area contributed by atoms with E-state index in [1.807, 2.05) is 0 Å². The second-order valence-corrected chi connectivity index (χ2v) is 10.0. The van der Waals surface area contributed by atoms with Crippen molar-refractivity contribution in [1.29, 1.82) is 0 Å². The van der Waals surface area contributed by atoms with Crippen LogP contribution in [0.3, 0.4) is 0 Å². The summed E-state index contributed by atoms with van der Waals surface area (Å²) in [7, 11) is 0. The summed E-state index contributed by atoms with van der Waals surface area (Å²) in [5, 5.41) is 7.46. The van der Waals surface area contributed by atoms with E-state index in [4.69, 9.17) is 5.73 Å². The summed E-state index contributed by atoms with van der Waals surface area (Å²) in [5.41, 5.74) is 5.06. The Morgan fingerprint density at radius 2 is 1.83 bits per heavy atom. The van der Waals surface area contributed by atoms with E-state index in [-0.39, 0.29) is 17.0 Å². The number of alkyl halides is 3. The van der Waals surface area contributed by atoms with Gasteiger partial charge in [0.05, 0.1) is 16.8 Å². The van der Waals surface area contributed by atoms with Gasteiger partial charge in [-0.1, -0.05) is 18.2 Å². The molecule has 11 heteroatoms. The predicted molar refractivity (Wildman–Crippen MR) is 125 cm³/mol. The zero-order valence-corrected chi connectivity index (χ0v) is 19.9. The van der Waals surface area contributed by atoms with Crippen LogP contribution in [0.2, 0.25) is 0 Å². The zero-order chi connectivity index (χ0) is 25.9. The van der Waals surface area contributed by atoms with Crippen molar-refractivity contribution >= 4 is 11.8 Å². The van der Waals surface area contributed by atoms with E-state index in [9.17, 15) is 22.4 Å². The molecule has 2 aliphatic rings. The molecule has 0 bridgehead atoms. The van der Waals surface area contributed by atoms with Crippen LogP contribution >= 0.6 is 0 Å². The Balaban J connectivity index is 1.36. The number of nitrogen functional groups attached to an aromatic ring is 1. The Morgan fingerprint density at radius 3 is 2.56 bits per heavy atom. The average Bonchev–Trinajstić information content (AvgIpc) is 3.50. The maximum Gasteiger partial charge on any atom is 0.419 e. The number of urea groups is 1. The van der Waals surface area contributed by atoms with Gasteiger partial charge in [0.25, 0.3) is 0 Å². The first-order chi connectivity index (χ1) is 16.9. The first-order valence-corrected chi connectivity index (χ1v) is 11.6. The first kappa shape index (κ1) is 24.1. The molecule has 2 aromatic heterocycles. The third kappa shape index (κ3) is 4.06. The Morgan fingerprint density at radius 1 is 1.11 bits per heavy atom. The molecule has 1 saturated heterocycles. The number of pyridine rings is 1. The topological polar surface area (TPSA) is 89.1 Å². The van der Waals surface area contributed by atoms with Gasteiger partial charge in [0.1, 0.15) is 11.6 Å². The second kappa shape index (κ2) is 8.21. The minimum absolute atomic E-state index is 0.229. The number of anilines is 1. The first-order valence-electron chi connectivity index (χ1n) is 11.6. The van der Waals surface area contributed by atoms with Gasteiger partial charge in [0.15, 0.2) is 0 Å². The lowest BCUT2D eigenvalue weighted by Gasteiger charge is -2.31. The molecule has 1 aromatic carbocycles. The summed E-state index contributed by atoms with van der Waals surface area (Å²) in [6, 6.07) is 8.78. The number of aryl methyl sites for hydroxylation is 1.